The fraction of sp³-hybridized carbons (Fsp3) is 1.00. The van der Waals surface area contributed by atoms with E-state index in [2.05, 4.69) is 31.0 Å². The monoisotopic (exact) mass is 298 g/mol. The van der Waals surface area contributed by atoms with E-state index in [1.165, 1.54) is 25.7 Å². The second-order valence-electron chi connectivity index (χ2n) is 7.49. The van der Waals surface area contributed by atoms with Crippen LogP contribution in [0.5, 0.6) is 0 Å². The molecule has 0 aromatic rings. The molecule has 2 fully saturated rings. The number of nitrogens with one attached hydrogen (secondary N) is 1. The topological polar surface area (TPSA) is 55.7 Å². The van der Waals surface area contributed by atoms with E-state index < -0.39 is 12.2 Å². The van der Waals surface area contributed by atoms with Gasteiger partial charge in [0, 0.05) is 25.7 Å². The maximum atomic E-state index is 9.74. The van der Waals surface area contributed by atoms with Gasteiger partial charge in [-0.1, -0.05) is 20.8 Å². The molecule has 0 aromatic carbocycles. The van der Waals surface area contributed by atoms with E-state index in [0.29, 0.717) is 25.0 Å². The Hall–Kier alpha value is -0.160. The Morgan fingerprint density at radius 2 is 1.81 bits per heavy atom. The van der Waals surface area contributed by atoms with Gasteiger partial charge in [-0.25, -0.2) is 0 Å². The summed E-state index contributed by atoms with van der Waals surface area (Å²) >= 11 is 0. The lowest BCUT2D eigenvalue weighted by Gasteiger charge is -2.40. The fourth-order valence-electron chi connectivity index (χ4n) is 4.03. The highest BCUT2D eigenvalue weighted by molar-refractivity contribution is 4.91. The Morgan fingerprint density at radius 1 is 1.14 bits per heavy atom. The molecule has 0 radical (unpaired) electrons. The summed E-state index contributed by atoms with van der Waals surface area (Å²) in [5.74, 6) is 2.23. The van der Waals surface area contributed by atoms with Crippen LogP contribution in [0.2, 0.25) is 0 Å². The van der Waals surface area contributed by atoms with E-state index in [4.69, 9.17) is 0 Å². The van der Waals surface area contributed by atoms with Gasteiger partial charge in [0.2, 0.25) is 0 Å². The number of β-amino-alcohol motifs (C(OH)–C–C–N with tert-alkyl or cyclic N) is 2. The van der Waals surface area contributed by atoms with Crippen LogP contribution in [0.25, 0.3) is 0 Å². The number of rotatable bonds is 6. The van der Waals surface area contributed by atoms with Gasteiger partial charge in [0.1, 0.15) is 0 Å². The number of hydrogen-bond donors (Lipinski definition) is 3. The Bertz CT molecular complexity index is 301. The molecule has 1 aliphatic heterocycles. The van der Waals surface area contributed by atoms with E-state index in [0.717, 1.165) is 24.9 Å². The van der Waals surface area contributed by atoms with Crippen LogP contribution in [0.3, 0.4) is 0 Å². The third kappa shape index (κ3) is 4.65. The average Bonchev–Trinajstić information content (AvgIpc) is 2.75. The third-order valence-corrected chi connectivity index (χ3v) is 5.45. The molecule has 5 atom stereocenters. The van der Waals surface area contributed by atoms with Crippen molar-refractivity contribution in [2.45, 2.75) is 64.7 Å². The summed E-state index contributed by atoms with van der Waals surface area (Å²) in [6, 6.07) is 0.606. The van der Waals surface area contributed by atoms with Crippen molar-refractivity contribution in [3.8, 4) is 0 Å². The van der Waals surface area contributed by atoms with Gasteiger partial charge in [0.05, 0.1) is 12.2 Å². The zero-order chi connectivity index (χ0) is 15.4. The molecule has 3 N–H and O–H groups in total. The Balaban J connectivity index is 1.92. The number of aliphatic hydroxyl groups is 2. The van der Waals surface area contributed by atoms with Crippen LogP contribution in [-0.2, 0) is 0 Å². The summed E-state index contributed by atoms with van der Waals surface area (Å²) < 4.78 is 0. The molecule has 2 aliphatic rings. The maximum Gasteiger partial charge on any atom is 0.0938 e. The molecule has 2 rings (SSSR count). The first-order valence-electron chi connectivity index (χ1n) is 8.83. The Kier molecular flexibility index (Phi) is 6.48. The Labute approximate surface area is 129 Å². The van der Waals surface area contributed by atoms with Crippen LogP contribution in [0.15, 0.2) is 0 Å². The predicted molar refractivity (Wildman–Crippen MR) is 86.2 cm³/mol. The van der Waals surface area contributed by atoms with Crippen molar-refractivity contribution in [1.29, 1.82) is 0 Å². The molecular formula is C17H34N2O2. The minimum atomic E-state index is -0.559. The van der Waals surface area contributed by atoms with Crippen LogP contribution < -0.4 is 5.32 Å². The summed E-state index contributed by atoms with van der Waals surface area (Å²) in [5.41, 5.74) is 0. The smallest absolute Gasteiger partial charge is 0.0938 e. The van der Waals surface area contributed by atoms with Crippen molar-refractivity contribution in [2.24, 2.45) is 17.8 Å². The fourth-order valence-corrected chi connectivity index (χ4v) is 4.03. The van der Waals surface area contributed by atoms with Gasteiger partial charge in [-0.2, -0.15) is 0 Å². The average molecular weight is 298 g/mol. The van der Waals surface area contributed by atoms with Crippen molar-refractivity contribution >= 4 is 0 Å². The lowest BCUT2D eigenvalue weighted by Crippen LogP contribution is -2.46. The first kappa shape index (κ1) is 17.2. The van der Waals surface area contributed by atoms with Crippen LogP contribution >= 0.6 is 0 Å². The van der Waals surface area contributed by atoms with E-state index in [1.54, 1.807) is 0 Å². The quantitative estimate of drug-likeness (QED) is 0.695. The van der Waals surface area contributed by atoms with Crippen LogP contribution in [-0.4, -0.2) is 59.5 Å². The second kappa shape index (κ2) is 7.91. The molecule has 1 saturated carbocycles. The SMILES string of the molecule is CCCNC1CCC(C(C)C)CC1CN1CC(O)C(O)C1. The van der Waals surface area contributed by atoms with Crippen molar-refractivity contribution in [3.05, 3.63) is 0 Å². The summed E-state index contributed by atoms with van der Waals surface area (Å²) in [4.78, 5) is 2.25. The second-order valence-corrected chi connectivity index (χ2v) is 7.49. The molecule has 0 amide bonds. The molecule has 0 aromatic heterocycles. The normalized spacial score (nSPS) is 38.3. The van der Waals surface area contributed by atoms with Crippen molar-refractivity contribution in [1.82, 2.24) is 10.2 Å². The summed E-state index contributed by atoms with van der Waals surface area (Å²) in [5, 5.41) is 23.2. The molecule has 0 bridgehead atoms. The zero-order valence-electron chi connectivity index (χ0n) is 14.0. The largest absolute Gasteiger partial charge is 0.389 e. The zero-order valence-corrected chi connectivity index (χ0v) is 14.0. The van der Waals surface area contributed by atoms with Crippen LogP contribution in [0.4, 0.5) is 0 Å². The third-order valence-electron chi connectivity index (χ3n) is 5.45. The molecule has 0 spiro atoms. The first-order valence-corrected chi connectivity index (χ1v) is 8.83. The molecule has 4 nitrogen and oxygen atoms in total. The van der Waals surface area contributed by atoms with E-state index >= 15 is 0 Å². The number of nitrogens with zero attached hydrogens (tertiary/aromatic N) is 1. The maximum absolute atomic E-state index is 9.74. The molecule has 1 aliphatic carbocycles. The predicted octanol–water partition coefficient (Wildman–Crippen LogP) is 1.46. The number of likely N-dealkylation sites (tertiary alicyclic amines) is 1. The molecule has 4 heteroatoms. The van der Waals surface area contributed by atoms with E-state index in [9.17, 15) is 10.2 Å². The van der Waals surface area contributed by atoms with Gasteiger partial charge in [-0.15, -0.1) is 0 Å². The molecule has 21 heavy (non-hydrogen) atoms. The number of aliphatic hydroxyl groups excluding tert-OH is 2. The molecular weight excluding hydrogens is 264 g/mol. The van der Waals surface area contributed by atoms with Gasteiger partial charge in [-0.3, -0.25) is 4.90 Å². The Morgan fingerprint density at radius 3 is 2.38 bits per heavy atom. The molecule has 1 heterocycles. The van der Waals surface area contributed by atoms with Crippen LogP contribution in [0.1, 0.15) is 46.5 Å². The highest BCUT2D eigenvalue weighted by Gasteiger charge is 2.36. The van der Waals surface area contributed by atoms with Crippen molar-refractivity contribution in [3.63, 3.8) is 0 Å². The van der Waals surface area contributed by atoms with Gasteiger partial charge in [0.25, 0.3) is 0 Å². The lowest BCUT2D eigenvalue weighted by atomic mass is 9.73. The minimum Gasteiger partial charge on any atom is -0.389 e. The summed E-state index contributed by atoms with van der Waals surface area (Å²) in [7, 11) is 0. The van der Waals surface area contributed by atoms with Gasteiger partial charge < -0.3 is 15.5 Å². The van der Waals surface area contributed by atoms with Gasteiger partial charge in [-0.05, 0) is 50.0 Å². The van der Waals surface area contributed by atoms with Gasteiger partial charge >= 0.3 is 0 Å². The highest BCUT2D eigenvalue weighted by atomic mass is 16.3. The minimum absolute atomic E-state index is 0.559. The lowest BCUT2D eigenvalue weighted by molar-refractivity contribution is 0.0572. The van der Waals surface area contributed by atoms with Crippen molar-refractivity contribution < 1.29 is 10.2 Å². The van der Waals surface area contributed by atoms with E-state index in [1.807, 2.05) is 0 Å². The summed E-state index contributed by atoms with van der Waals surface area (Å²) in [6.07, 6.45) is 3.94. The summed E-state index contributed by atoms with van der Waals surface area (Å²) in [6.45, 7) is 10.3. The van der Waals surface area contributed by atoms with Crippen LogP contribution in [0, 0.1) is 17.8 Å². The molecule has 5 unspecified atom stereocenters. The first-order chi connectivity index (χ1) is 10.0. The molecule has 1 saturated heterocycles. The molecule has 124 valence electrons. The van der Waals surface area contributed by atoms with Crippen molar-refractivity contribution in [2.75, 3.05) is 26.2 Å². The van der Waals surface area contributed by atoms with E-state index in [-0.39, 0.29) is 0 Å². The van der Waals surface area contributed by atoms with Gasteiger partial charge in [0.15, 0.2) is 0 Å². The highest BCUT2D eigenvalue weighted by Crippen LogP contribution is 2.35. The number of hydrogen-bond acceptors (Lipinski definition) is 4. The standard InChI is InChI=1S/C17H34N2O2/c1-4-7-18-15-6-5-13(12(2)3)8-14(15)9-19-10-16(20)17(21)11-19/h12-18,20-21H,4-11H2,1-3H3.